The van der Waals surface area contributed by atoms with Gasteiger partial charge < -0.3 is 9.80 Å². The Balaban J connectivity index is 3.89. The molecular weight excluding hydrogens is 228 g/mol. The monoisotopic (exact) mass is 260 g/mol. The third kappa shape index (κ3) is 8.06. The Morgan fingerprint density at radius 1 is 0.706 bits per heavy atom. The second-order valence-corrected chi connectivity index (χ2v) is 6.61. The van der Waals surface area contributed by atoms with E-state index in [1.54, 1.807) is 0 Å². The van der Waals surface area contributed by atoms with Crippen molar-refractivity contribution in [2.75, 3.05) is 39.3 Å². The van der Waals surface area contributed by atoms with Gasteiger partial charge in [0.15, 0.2) is 0 Å². The Morgan fingerprint density at radius 2 is 1.00 bits per heavy atom. The molecule has 2 nitrogen and oxygen atoms in total. The van der Waals surface area contributed by atoms with Crippen LogP contribution in [0, 0.1) is 0 Å². The quantitative estimate of drug-likeness (QED) is 0.596. The molecule has 0 aromatic rings. The summed E-state index contributed by atoms with van der Waals surface area (Å²) in [6.45, 7) is 20.9. The first-order valence-electron chi connectivity index (χ1n) is 7.17. The van der Waals surface area contributed by atoms with Crippen LogP contribution in [0.3, 0.4) is 0 Å². The maximum Gasteiger partial charge on any atom is 0.0149 e. The average Bonchev–Trinajstić information content (AvgIpc) is 2.32. The Labute approximate surface area is 113 Å². The zero-order valence-corrected chi connectivity index (χ0v) is 13.5. The number of nitrogens with zero attached hydrogens (tertiary/aromatic N) is 2. The topological polar surface area (TPSA) is 6.48 Å². The molecule has 0 heterocycles. The van der Waals surface area contributed by atoms with Crippen LogP contribution in [-0.2, 0) is 0 Å². The van der Waals surface area contributed by atoms with Gasteiger partial charge in [0.25, 0.3) is 0 Å². The van der Waals surface area contributed by atoms with Crippen LogP contribution in [-0.4, -0.2) is 59.6 Å². The second kappa shape index (κ2) is 10.2. The normalized spacial score (nSPS) is 15.5. The van der Waals surface area contributed by atoms with Gasteiger partial charge in [-0.1, -0.05) is 41.5 Å². The Bertz CT molecular complexity index is 150. The highest BCUT2D eigenvalue weighted by molar-refractivity contribution is 8.00. The molecular formula is C14H32N2S. The van der Waals surface area contributed by atoms with Gasteiger partial charge in [0.2, 0.25) is 0 Å². The van der Waals surface area contributed by atoms with Crippen LogP contribution in [0.2, 0.25) is 0 Å². The van der Waals surface area contributed by atoms with E-state index in [1.165, 1.54) is 39.3 Å². The number of thioether (sulfide) groups is 1. The average molecular weight is 260 g/mol. The van der Waals surface area contributed by atoms with Gasteiger partial charge in [-0.25, -0.2) is 0 Å². The van der Waals surface area contributed by atoms with Crippen LogP contribution in [0.25, 0.3) is 0 Å². The Morgan fingerprint density at radius 3 is 1.24 bits per heavy atom. The van der Waals surface area contributed by atoms with E-state index in [4.69, 9.17) is 0 Å². The van der Waals surface area contributed by atoms with Crippen LogP contribution in [0.1, 0.15) is 41.5 Å². The van der Waals surface area contributed by atoms with Gasteiger partial charge in [0, 0.05) is 23.6 Å². The molecule has 104 valence electrons. The summed E-state index contributed by atoms with van der Waals surface area (Å²) in [5.74, 6) is 0. The fraction of sp³-hybridized carbons (Fsp3) is 1.00. The minimum atomic E-state index is 0.737. The van der Waals surface area contributed by atoms with Crippen molar-refractivity contribution in [3.8, 4) is 0 Å². The molecule has 0 radical (unpaired) electrons. The largest absolute Gasteiger partial charge is 0.303 e. The molecule has 0 aliphatic heterocycles. The molecule has 0 spiro atoms. The first kappa shape index (κ1) is 17.3. The lowest BCUT2D eigenvalue weighted by Crippen LogP contribution is -2.33. The third-order valence-corrected chi connectivity index (χ3v) is 4.51. The predicted octanol–water partition coefficient (Wildman–Crippen LogP) is 3.18. The van der Waals surface area contributed by atoms with Gasteiger partial charge >= 0.3 is 0 Å². The van der Waals surface area contributed by atoms with E-state index in [9.17, 15) is 0 Å². The summed E-state index contributed by atoms with van der Waals surface area (Å²) < 4.78 is 0. The van der Waals surface area contributed by atoms with Crippen LogP contribution in [0.5, 0.6) is 0 Å². The molecule has 0 fully saturated rings. The van der Waals surface area contributed by atoms with Crippen molar-refractivity contribution in [1.82, 2.24) is 9.80 Å². The molecule has 0 aliphatic rings. The molecule has 0 amide bonds. The van der Waals surface area contributed by atoms with Gasteiger partial charge in [-0.3, -0.25) is 0 Å². The second-order valence-electron chi connectivity index (χ2n) is 4.73. The van der Waals surface area contributed by atoms with E-state index in [-0.39, 0.29) is 0 Å². The summed E-state index contributed by atoms with van der Waals surface area (Å²) in [6.07, 6.45) is 0. The van der Waals surface area contributed by atoms with Crippen LogP contribution in [0.15, 0.2) is 0 Å². The summed E-state index contributed by atoms with van der Waals surface area (Å²) in [5.41, 5.74) is 0. The van der Waals surface area contributed by atoms with E-state index in [1.807, 2.05) is 0 Å². The number of hydrogen-bond acceptors (Lipinski definition) is 3. The fourth-order valence-corrected chi connectivity index (χ4v) is 3.56. The van der Waals surface area contributed by atoms with Crippen molar-refractivity contribution >= 4 is 11.8 Å². The zero-order chi connectivity index (χ0) is 13.3. The van der Waals surface area contributed by atoms with Crippen molar-refractivity contribution in [3.05, 3.63) is 0 Å². The van der Waals surface area contributed by atoms with E-state index < -0.39 is 0 Å². The minimum Gasteiger partial charge on any atom is -0.303 e. The number of hydrogen-bond donors (Lipinski definition) is 0. The van der Waals surface area contributed by atoms with Crippen molar-refractivity contribution in [3.63, 3.8) is 0 Å². The molecule has 2 unspecified atom stereocenters. The first-order chi connectivity index (χ1) is 8.07. The summed E-state index contributed by atoms with van der Waals surface area (Å²) in [5, 5.41) is 1.47. The SMILES string of the molecule is CCN(CC)CC(C)SC(C)CN(CC)CC. The summed E-state index contributed by atoms with van der Waals surface area (Å²) in [6, 6.07) is 0. The predicted molar refractivity (Wildman–Crippen MR) is 82.1 cm³/mol. The molecule has 3 heteroatoms. The highest BCUT2D eigenvalue weighted by Crippen LogP contribution is 2.19. The van der Waals surface area contributed by atoms with Gasteiger partial charge in [-0.05, 0) is 26.2 Å². The molecule has 0 bridgehead atoms. The van der Waals surface area contributed by atoms with E-state index >= 15 is 0 Å². The van der Waals surface area contributed by atoms with Crippen molar-refractivity contribution in [1.29, 1.82) is 0 Å². The first-order valence-corrected chi connectivity index (χ1v) is 8.11. The smallest absolute Gasteiger partial charge is 0.0149 e. The zero-order valence-electron chi connectivity index (χ0n) is 12.7. The van der Waals surface area contributed by atoms with Crippen molar-refractivity contribution in [2.45, 2.75) is 52.0 Å². The maximum atomic E-state index is 2.52. The van der Waals surface area contributed by atoms with Gasteiger partial charge in [0.05, 0.1) is 0 Å². The summed E-state index contributed by atoms with van der Waals surface area (Å²) in [4.78, 5) is 5.03. The van der Waals surface area contributed by atoms with Crippen molar-refractivity contribution < 1.29 is 0 Å². The minimum absolute atomic E-state index is 0.737. The summed E-state index contributed by atoms with van der Waals surface area (Å²) >= 11 is 2.13. The lowest BCUT2D eigenvalue weighted by atomic mass is 10.4. The van der Waals surface area contributed by atoms with Crippen LogP contribution >= 0.6 is 11.8 Å². The molecule has 0 aliphatic carbocycles. The van der Waals surface area contributed by atoms with Gasteiger partial charge in [0.1, 0.15) is 0 Å². The van der Waals surface area contributed by atoms with E-state index in [2.05, 4.69) is 63.1 Å². The van der Waals surface area contributed by atoms with E-state index in [0.29, 0.717) is 0 Å². The van der Waals surface area contributed by atoms with Crippen LogP contribution < -0.4 is 0 Å². The maximum absolute atomic E-state index is 2.52. The molecule has 0 aromatic heterocycles. The molecule has 0 N–H and O–H groups in total. The van der Waals surface area contributed by atoms with Crippen LogP contribution in [0.4, 0.5) is 0 Å². The molecule has 0 rings (SSSR count). The number of rotatable bonds is 10. The molecule has 0 saturated carbocycles. The lowest BCUT2D eigenvalue weighted by molar-refractivity contribution is 0.302. The van der Waals surface area contributed by atoms with Gasteiger partial charge in [-0.2, -0.15) is 11.8 Å². The fourth-order valence-electron chi connectivity index (χ4n) is 2.17. The molecule has 17 heavy (non-hydrogen) atoms. The van der Waals surface area contributed by atoms with Gasteiger partial charge in [-0.15, -0.1) is 0 Å². The molecule has 0 aromatic carbocycles. The lowest BCUT2D eigenvalue weighted by Gasteiger charge is -2.27. The standard InChI is InChI=1S/C14H32N2S/c1-7-15(8-2)11-13(5)17-14(6)12-16(9-3)10-4/h13-14H,7-12H2,1-6H3. The molecule has 0 saturated heterocycles. The van der Waals surface area contributed by atoms with Crippen molar-refractivity contribution in [2.24, 2.45) is 0 Å². The third-order valence-electron chi connectivity index (χ3n) is 3.28. The summed E-state index contributed by atoms with van der Waals surface area (Å²) in [7, 11) is 0. The Hall–Kier alpha value is 0.270. The highest BCUT2D eigenvalue weighted by atomic mass is 32.2. The molecule has 2 atom stereocenters. The highest BCUT2D eigenvalue weighted by Gasteiger charge is 2.13. The van der Waals surface area contributed by atoms with E-state index in [0.717, 1.165) is 10.5 Å². The Kier molecular flexibility index (Phi) is 10.4.